The molecular weight excluding hydrogens is 707 g/mol. The van der Waals surface area contributed by atoms with E-state index in [1.807, 2.05) is 60.7 Å². The van der Waals surface area contributed by atoms with E-state index in [0.29, 0.717) is 23.8 Å². The Balaban J connectivity index is 1.09. The summed E-state index contributed by atoms with van der Waals surface area (Å²) < 4.78 is 6.62. The lowest BCUT2D eigenvalue weighted by atomic mass is 9.65. The van der Waals surface area contributed by atoms with Crippen molar-refractivity contribution < 1.29 is 4.74 Å². The molecule has 1 aliphatic heterocycles. The van der Waals surface area contributed by atoms with Gasteiger partial charge in [0.15, 0.2) is 5.84 Å². The van der Waals surface area contributed by atoms with Gasteiger partial charge in [-0.1, -0.05) is 201 Å². The van der Waals surface area contributed by atoms with Crippen molar-refractivity contribution in [3.05, 3.63) is 274 Å². The van der Waals surface area contributed by atoms with E-state index in [2.05, 4.69) is 152 Å². The number of nitrogens with zero attached hydrogens (tertiary/aromatic N) is 2. The summed E-state index contributed by atoms with van der Waals surface area (Å²) in [7, 11) is 0. The van der Waals surface area contributed by atoms with E-state index in [0.717, 1.165) is 40.2 Å². The van der Waals surface area contributed by atoms with E-state index in [-0.39, 0.29) is 5.92 Å². The molecule has 0 radical (unpaired) electrons. The molecule has 2 aliphatic carbocycles. The zero-order valence-corrected chi connectivity index (χ0v) is 32.2. The molecule has 0 aromatic heterocycles. The summed E-state index contributed by atoms with van der Waals surface area (Å²) in [6.45, 7) is 4.36. The van der Waals surface area contributed by atoms with Gasteiger partial charge in [0, 0.05) is 16.7 Å². The lowest BCUT2D eigenvalue weighted by Gasteiger charge is -2.37. The minimum absolute atomic E-state index is 0.0379. The first-order valence-corrected chi connectivity index (χ1v) is 19.8. The summed E-state index contributed by atoms with van der Waals surface area (Å²) in [4.78, 5) is 10.1. The van der Waals surface area contributed by atoms with E-state index in [4.69, 9.17) is 20.5 Å². The average Bonchev–Trinajstić information content (AvgIpc) is 3.52. The van der Waals surface area contributed by atoms with Gasteiger partial charge in [-0.05, 0) is 63.9 Å². The lowest BCUT2D eigenvalue weighted by molar-refractivity contribution is 0.317. The Labute approximate surface area is 340 Å². The highest BCUT2D eigenvalue weighted by Crippen LogP contribution is 2.49. The van der Waals surface area contributed by atoms with Crippen LogP contribution in [0.2, 0.25) is 0 Å². The van der Waals surface area contributed by atoms with Crippen molar-refractivity contribution in [1.82, 2.24) is 0 Å². The zero-order valence-electron chi connectivity index (χ0n) is 32.2. The summed E-state index contributed by atoms with van der Waals surface area (Å²) in [6.07, 6.45) is 12.2. The van der Waals surface area contributed by atoms with Crippen molar-refractivity contribution in [2.75, 3.05) is 0 Å². The molecule has 2 N–H and O–H groups in total. The molecule has 6 aromatic rings. The minimum Gasteiger partial charge on any atom is -0.461 e. The standard InChI is InChI=1S/C54H43N3O/c1-38(39-19-7-2-8-20-39)56-53(57-52(55)41-21-9-3-10-22-41)47-29-17-18-30-50-51(47)48-37-42(33-36-49(48)58-50)40-31-34-46(35-32-40)54(43-23-11-4-12-24-43,44-25-13-5-14-26-44)45-27-15-6-16-28-45/h2-16,18-36,48H,1,17,37H2,(H2,55,56,57). The quantitative estimate of drug-likeness (QED) is 0.0909. The van der Waals surface area contributed by atoms with Crippen LogP contribution in [0.25, 0.3) is 11.3 Å². The van der Waals surface area contributed by atoms with E-state index < -0.39 is 5.41 Å². The molecule has 0 fully saturated rings. The maximum atomic E-state index is 6.71. The van der Waals surface area contributed by atoms with Crippen molar-refractivity contribution in [3.63, 3.8) is 0 Å². The average molecular weight is 750 g/mol. The summed E-state index contributed by atoms with van der Waals surface area (Å²) >= 11 is 0. The molecule has 4 heteroatoms. The van der Waals surface area contributed by atoms with Gasteiger partial charge in [0.2, 0.25) is 0 Å². The topological polar surface area (TPSA) is 60.0 Å². The zero-order chi connectivity index (χ0) is 39.3. The Bertz CT molecular complexity index is 2570. The Kier molecular flexibility index (Phi) is 10.1. The Morgan fingerprint density at radius 3 is 1.69 bits per heavy atom. The van der Waals surface area contributed by atoms with E-state index in [9.17, 15) is 0 Å². The predicted molar refractivity (Wildman–Crippen MR) is 239 cm³/mol. The Morgan fingerprint density at radius 1 is 0.603 bits per heavy atom. The van der Waals surface area contributed by atoms with Gasteiger partial charge in [0.25, 0.3) is 0 Å². The fourth-order valence-corrected chi connectivity index (χ4v) is 8.49. The molecule has 9 rings (SSSR count). The molecule has 4 nitrogen and oxygen atoms in total. The molecule has 280 valence electrons. The largest absolute Gasteiger partial charge is 0.461 e. The molecule has 0 bridgehead atoms. The number of hydrogen-bond acceptors (Lipinski definition) is 2. The van der Waals surface area contributed by atoms with Crippen LogP contribution in [0.15, 0.2) is 246 Å². The molecule has 58 heavy (non-hydrogen) atoms. The third kappa shape index (κ3) is 6.90. The number of amidine groups is 2. The number of nitrogens with two attached hydrogens (primary N) is 1. The van der Waals surface area contributed by atoms with Crippen LogP contribution in [-0.4, -0.2) is 11.7 Å². The van der Waals surface area contributed by atoms with Gasteiger partial charge in [-0.3, -0.25) is 0 Å². The monoisotopic (exact) mass is 749 g/mol. The second kappa shape index (κ2) is 16.0. The maximum absolute atomic E-state index is 6.71. The van der Waals surface area contributed by atoms with Crippen LogP contribution in [0.5, 0.6) is 0 Å². The van der Waals surface area contributed by atoms with Gasteiger partial charge in [0.1, 0.15) is 17.4 Å². The Morgan fingerprint density at radius 2 is 1.12 bits per heavy atom. The predicted octanol–water partition coefficient (Wildman–Crippen LogP) is 12.0. The van der Waals surface area contributed by atoms with Crippen molar-refractivity contribution in [2.24, 2.45) is 21.6 Å². The van der Waals surface area contributed by atoms with Crippen molar-refractivity contribution >= 4 is 22.9 Å². The molecule has 3 aliphatic rings. The SMILES string of the molecule is C=C(/N=C(\N=C(/N)c1ccccc1)C1=CCC=CC2=C1C1CC(c3ccc(C(c4ccccc4)(c4ccccc4)c4ccccc4)cc3)=CC=C1O2)c1ccccc1. The van der Waals surface area contributed by atoms with Gasteiger partial charge in [-0.2, -0.15) is 0 Å². The number of hydrogen-bond donors (Lipinski definition) is 1. The van der Waals surface area contributed by atoms with Crippen LogP contribution in [-0.2, 0) is 10.2 Å². The van der Waals surface area contributed by atoms with Gasteiger partial charge >= 0.3 is 0 Å². The van der Waals surface area contributed by atoms with Crippen LogP contribution in [0.3, 0.4) is 0 Å². The van der Waals surface area contributed by atoms with Crippen LogP contribution in [0, 0.1) is 5.92 Å². The van der Waals surface area contributed by atoms with E-state index in [1.54, 1.807) is 0 Å². The molecule has 0 saturated carbocycles. The second-order valence-electron chi connectivity index (χ2n) is 14.7. The molecule has 0 saturated heterocycles. The number of rotatable bonds is 9. The number of allylic oxidation sites excluding steroid dienone is 7. The van der Waals surface area contributed by atoms with Gasteiger partial charge in [-0.25, -0.2) is 9.98 Å². The summed E-state index contributed by atoms with van der Waals surface area (Å²) in [5, 5.41) is 0. The van der Waals surface area contributed by atoms with E-state index >= 15 is 0 Å². The molecule has 0 spiro atoms. The highest BCUT2D eigenvalue weighted by Gasteiger charge is 2.40. The first kappa shape index (κ1) is 36.3. The fourth-order valence-electron chi connectivity index (χ4n) is 8.49. The number of benzene rings is 6. The lowest BCUT2D eigenvalue weighted by Crippen LogP contribution is -2.30. The second-order valence-corrected chi connectivity index (χ2v) is 14.7. The van der Waals surface area contributed by atoms with Crippen molar-refractivity contribution in [1.29, 1.82) is 0 Å². The molecule has 1 heterocycles. The maximum Gasteiger partial charge on any atom is 0.162 e. The molecule has 1 unspecified atom stereocenters. The first-order valence-electron chi connectivity index (χ1n) is 19.8. The molecule has 1 atom stereocenters. The molecule has 0 amide bonds. The third-order valence-corrected chi connectivity index (χ3v) is 11.3. The fraction of sp³-hybridized carbons (Fsp3) is 0.0741. The third-order valence-electron chi connectivity index (χ3n) is 11.3. The summed E-state index contributed by atoms with van der Waals surface area (Å²) in [6, 6.07) is 61.5. The molecule has 6 aromatic carbocycles. The molecular formula is C54H43N3O. The highest BCUT2D eigenvalue weighted by atomic mass is 16.5. The summed E-state index contributed by atoms with van der Waals surface area (Å²) in [5.74, 6) is 2.59. The number of fused-ring (bicyclic) bond motifs is 2. The van der Waals surface area contributed by atoms with Crippen LogP contribution < -0.4 is 5.73 Å². The van der Waals surface area contributed by atoms with Gasteiger partial charge in [0.05, 0.1) is 17.0 Å². The van der Waals surface area contributed by atoms with E-state index in [1.165, 1.54) is 33.4 Å². The minimum atomic E-state index is -0.511. The van der Waals surface area contributed by atoms with Crippen LogP contribution in [0.4, 0.5) is 0 Å². The number of aliphatic imine (C=N–C) groups is 2. The van der Waals surface area contributed by atoms with Gasteiger partial charge < -0.3 is 10.5 Å². The van der Waals surface area contributed by atoms with Crippen LogP contribution in [0.1, 0.15) is 51.8 Å². The number of ether oxygens (including phenoxy) is 1. The summed E-state index contributed by atoms with van der Waals surface area (Å²) in [5.41, 5.74) is 17.8. The highest BCUT2D eigenvalue weighted by molar-refractivity contribution is 6.14. The normalized spacial score (nSPS) is 16.6. The first-order chi connectivity index (χ1) is 28.6. The van der Waals surface area contributed by atoms with Crippen molar-refractivity contribution in [2.45, 2.75) is 18.3 Å². The van der Waals surface area contributed by atoms with Crippen molar-refractivity contribution in [3.8, 4) is 0 Å². The smallest absolute Gasteiger partial charge is 0.162 e. The Hall–Kier alpha value is -7.30. The van der Waals surface area contributed by atoms with Crippen LogP contribution >= 0.6 is 0 Å². The van der Waals surface area contributed by atoms with Gasteiger partial charge in [-0.15, -0.1) is 0 Å².